The molecule has 25 heavy (non-hydrogen) atoms. The molecule has 0 spiro atoms. The molecule has 0 saturated heterocycles. The largest absolute Gasteiger partial charge is 0.454 e. The predicted molar refractivity (Wildman–Crippen MR) is 102 cm³/mol. The number of nitrogens with zero attached hydrogens (tertiary/aromatic N) is 2. The third-order valence-electron chi connectivity index (χ3n) is 4.59. The molecule has 0 atom stereocenters. The Balaban J connectivity index is 1.66. The van der Waals surface area contributed by atoms with E-state index in [9.17, 15) is 0 Å². The van der Waals surface area contributed by atoms with Crippen LogP contribution in [0.1, 0.15) is 24.4 Å². The summed E-state index contributed by atoms with van der Waals surface area (Å²) in [5.41, 5.74) is 4.32. The van der Waals surface area contributed by atoms with Crippen LogP contribution in [0.5, 0.6) is 0 Å². The summed E-state index contributed by atoms with van der Waals surface area (Å²) >= 11 is 1.68. The minimum absolute atomic E-state index is 0.540. The van der Waals surface area contributed by atoms with Crippen LogP contribution in [0.25, 0.3) is 22.4 Å². The summed E-state index contributed by atoms with van der Waals surface area (Å²) in [5.74, 6) is 0.926. The molecule has 0 N–H and O–H groups in total. The van der Waals surface area contributed by atoms with Gasteiger partial charge < -0.3 is 8.98 Å². The van der Waals surface area contributed by atoms with Gasteiger partial charge in [-0.05, 0) is 44.0 Å². The van der Waals surface area contributed by atoms with Crippen LogP contribution in [0.2, 0.25) is 0 Å². The molecule has 1 aliphatic rings. The molecule has 0 bridgehead atoms. The first-order valence-corrected chi connectivity index (χ1v) is 9.46. The molecule has 4 aromatic rings. The second-order valence-corrected chi connectivity index (χ2v) is 7.44. The third kappa shape index (κ3) is 2.72. The molecule has 2 heterocycles. The van der Waals surface area contributed by atoms with E-state index in [-0.39, 0.29) is 0 Å². The van der Waals surface area contributed by atoms with Crippen LogP contribution in [0.4, 0.5) is 5.69 Å². The molecule has 0 unspecified atom stereocenters. The summed E-state index contributed by atoms with van der Waals surface area (Å²) in [5, 5.41) is 3.31. The predicted octanol–water partition coefficient (Wildman–Crippen LogP) is 5.84. The lowest BCUT2D eigenvalue weighted by Crippen LogP contribution is -2.14. The molecule has 2 aromatic heterocycles. The van der Waals surface area contributed by atoms with E-state index in [0.717, 1.165) is 32.9 Å². The summed E-state index contributed by atoms with van der Waals surface area (Å²) in [6, 6.07) is 19.2. The van der Waals surface area contributed by atoms with Gasteiger partial charge in [0.25, 0.3) is 0 Å². The number of hydrogen-bond donors (Lipinski definition) is 0. The Morgan fingerprint density at radius 2 is 1.88 bits per heavy atom. The number of hydrogen-bond acceptors (Lipinski definition) is 3. The van der Waals surface area contributed by atoms with Crippen molar-refractivity contribution in [1.82, 2.24) is 4.57 Å². The van der Waals surface area contributed by atoms with Crippen molar-refractivity contribution in [2.45, 2.75) is 25.8 Å². The second kappa shape index (κ2) is 5.74. The SMILES string of the molecule is Cc1ccc(N=c2scc(-c3cc4ccccc4o3)n2C2CC2)cc1. The second-order valence-electron chi connectivity index (χ2n) is 6.60. The molecular weight excluding hydrogens is 328 g/mol. The standard InChI is InChI=1S/C21H18N2OS/c1-14-6-8-16(9-7-14)22-21-23(17-10-11-17)18(13-25-21)20-12-15-4-2-3-5-19(15)24-20/h2-9,12-13,17H,10-11H2,1H3. The normalized spacial score (nSPS) is 15.2. The molecule has 1 aliphatic carbocycles. The quantitative estimate of drug-likeness (QED) is 0.458. The minimum atomic E-state index is 0.540. The Kier molecular flexibility index (Phi) is 3.38. The van der Waals surface area contributed by atoms with Crippen LogP contribution >= 0.6 is 11.3 Å². The van der Waals surface area contributed by atoms with Gasteiger partial charge >= 0.3 is 0 Å². The number of rotatable bonds is 3. The van der Waals surface area contributed by atoms with Gasteiger partial charge in [-0.3, -0.25) is 0 Å². The first-order valence-electron chi connectivity index (χ1n) is 8.58. The molecule has 124 valence electrons. The van der Waals surface area contributed by atoms with E-state index in [1.807, 2.05) is 18.2 Å². The van der Waals surface area contributed by atoms with E-state index < -0.39 is 0 Å². The van der Waals surface area contributed by atoms with Crippen molar-refractivity contribution in [3.8, 4) is 11.5 Å². The number of para-hydroxylation sites is 1. The average molecular weight is 346 g/mol. The number of fused-ring (bicyclic) bond motifs is 1. The maximum absolute atomic E-state index is 6.10. The van der Waals surface area contributed by atoms with Crippen LogP contribution in [-0.4, -0.2) is 4.57 Å². The van der Waals surface area contributed by atoms with Crippen molar-refractivity contribution in [2.75, 3.05) is 0 Å². The number of thiazole rings is 1. The van der Waals surface area contributed by atoms with Crippen molar-refractivity contribution in [1.29, 1.82) is 0 Å². The summed E-state index contributed by atoms with van der Waals surface area (Å²) in [4.78, 5) is 5.93. The van der Waals surface area contributed by atoms with E-state index in [2.05, 4.69) is 53.3 Å². The van der Waals surface area contributed by atoms with Crippen molar-refractivity contribution >= 4 is 28.0 Å². The number of benzene rings is 2. The molecule has 0 aliphatic heterocycles. The fourth-order valence-electron chi connectivity index (χ4n) is 3.11. The Morgan fingerprint density at radius 3 is 2.64 bits per heavy atom. The summed E-state index contributed by atoms with van der Waals surface area (Å²) in [7, 11) is 0. The Labute approximate surface area is 149 Å². The summed E-state index contributed by atoms with van der Waals surface area (Å²) in [6.07, 6.45) is 2.43. The number of aromatic nitrogens is 1. The Bertz CT molecular complexity index is 1080. The van der Waals surface area contributed by atoms with Gasteiger partial charge in [0, 0.05) is 16.8 Å². The van der Waals surface area contributed by atoms with Crippen molar-refractivity contribution in [2.24, 2.45) is 4.99 Å². The zero-order valence-corrected chi connectivity index (χ0v) is 14.8. The van der Waals surface area contributed by atoms with Crippen molar-refractivity contribution in [3.05, 3.63) is 70.3 Å². The zero-order chi connectivity index (χ0) is 16.8. The highest BCUT2D eigenvalue weighted by Crippen LogP contribution is 2.39. The van der Waals surface area contributed by atoms with Crippen LogP contribution < -0.4 is 4.80 Å². The van der Waals surface area contributed by atoms with Gasteiger partial charge in [0.2, 0.25) is 0 Å². The van der Waals surface area contributed by atoms with Gasteiger partial charge in [-0.15, -0.1) is 11.3 Å². The topological polar surface area (TPSA) is 30.4 Å². The van der Waals surface area contributed by atoms with Crippen LogP contribution in [0.15, 0.2) is 69.4 Å². The van der Waals surface area contributed by atoms with Gasteiger partial charge in [0.05, 0.1) is 11.4 Å². The monoisotopic (exact) mass is 346 g/mol. The maximum atomic E-state index is 6.10. The van der Waals surface area contributed by atoms with Gasteiger partial charge in [0.1, 0.15) is 5.58 Å². The smallest absolute Gasteiger partial charge is 0.190 e. The van der Waals surface area contributed by atoms with E-state index in [0.29, 0.717) is 6.04 Å². The van der Waals surface area contributed by atoms with Crippen molar-refractivity contribution < 1.29 is 4.42 Å². The third-order valence-corrected chi connectivity index (χ3v) is 5.43. The van der Waals surface area contributed by atoms with E-state index >= 15 is 0 Å². The first kappa shape index (κ1) is 14.7. The van der Waals surface area contributed by atoms with E-state index in [4.69, 9.17) is 9.41 Å². The van der Waals surface area contributed by atoms with Gasteiger partial charge in [-0.25, -0.2) is 4.99 Å². The molecule has 1 saturated carbocycles. The number of furan rings is 1. The van der Waals surface area contributed by atoms with Crippen molar-refractivity contribution in [3.63, 3.8) is 0 Å². The fraction of sp³-hybridized carbons (Fsp3) is 0.190. The molecule has 0 amide bonds. The minimum Gasteiger partial charge on any atom is -0.454 e. The zero-order valence-electron chi connectivity index (χ0n) is 14.0. The van der Waals surface area contributed by atoms with E-state index in [1.54, 1.807) is 11.3 Å². The molecule has 0 radical (unpaired) electrons. The summed E-state index contributed by atoms with van der Waals surface area (Å²) < 4.78 is 8.45. The van der Waals surface area contributed by atoms with Crippen LogP contribution in [0.3, 0.4) is 0 Å². The molecular formula is C21H18N2OS. The molecule has 4 heteroatoms. The van der Waals surface area contributed by atoms with Gasteiger partial charge in [0.15, 0.2) is 10.6 Å². The fourth-order valence-corrected chi connectivity index (χ4v) is 4.07. The lowest BCUT2D eigenvalue weighted by Gasteiger charge is -2.05. The van der Waals surface area contributed by atoms with Gasteiger partial charge in [-0.1, -0.05) is 35.9 Å². The highest BCUT2D eigenvalue weighted by molar-refractivity contribution is 7.07. The lowest BCUT2D eigenvalue weighted by molar-refractivity contribution is 0.613. The molecule has 5 rings (SSSR count). The maximum Gasteiger partial charge on any atom is 0.190 e. The molecule has 1 fully saturated rings. The van der Waals surface area contributed by atoms with Crippen LogP contribution in [-0.2, 0) is 0 Å². The van der Waals surface area contributed by atoms with Crippen LogP contribution in [0, 0.1) is 6.92 Å². The molecule has 2 aromatic carbocycles. The number of aryl methyl sites for hydroxylation is 1. The van der Waals surface area contributed by atoms with Gasteiger partial charge in [-0.2, -0.15) is 0 Å². The Morgan fingerprint density at radius 1 is 1.08 bits per heavy atom. The highest BCUT2D eigenvalue weighted by atomic mass is 32.1. The average Bonchev–Trinajstić information content (AvgIpc) is 3.23. The Hall–Kier alpha value is -2.59. The lowest BCUT2D eigenvalue weighted by atomic mass is 10.2. The first-order chi connectivity index (χ1) is 12.3. The van der Waals surface area contributed by atoms with E-state index in [1.165, 1.54) is 18.4 Å². The highest BCUT2D eigenvalue weighted by Gasteiger charge is 2.28. The summed E-state index contributed by atoms with van der Waals surface area (Å²) in [6.45, 7) is 2.10. The molecule has 3 nitrogen and oxygen atoms in total.